The molecule has 4 heteroatoms. The molecule has 1 aliphatic heterocycles. The number of benzene rings is 9. The molecule has 0 bridgehead atoms. The Labute approximate surface area is 467 Å². The zero-order valence-corrected chi connectivity index (χ0v) is 47.9. The van der Waals surface area contributed by atoms with Gasteiger partial charge in [-0.25, -0.2) is 4.39 Å². The summed E-state index contributed by atoms with van der Waals surface area (Å²) in [5.41, 5.74) is 20.0. The fourth-order valence-corrected chi connectivity index (χ4v) is 13.3. The molecule has 0 saturated carbocycles. The molecular weight excluding hydrogens is 964 g/mol. The summed E-state index contributed by atoms with van der Waals surface area (Å²) in [4.78, 5) is 4.92. The van der Waals surface area contributed by atoms with Gasteiger partial charge < -0.3 is 14.5 Å². The number of rotatable bonds is 6. The highest BCUT2D eigenvalue weighted by molar-refractivity contribution is 6.14. The molecule has 3 unspecified atom stereocenters. The van der Waals surface area contributed by atoms with Crippen molar-refractivity contribution >= 4 is 44.9 Å². The SMILES string of the molecule is CC(C)(C)c1ccc(N(c2ccc(C(C)(C)C)cc2)c2cc3c(c4c2C2C=CC=CC2O4)-c2c(cc(N(c4ccc(C(C)(C)C)cc4)c4ccc(C(C)(C)C)cc4)c4ccccc24)C32c3ccccc3-c3ccc(F)cc32)cc1. The molecule has 0 fully saturated rings. The van der Waals surface area contributed by atoms with Crippen molar-refractivity contribution in [3.05, 3.63) is 256 Å². The molecule has 4 aliphatic rings. The first-order chi connectivity index (χ1) is 37.6. The molecule has 3 nitrogen and oxygen atoms in total. The Morgan fingerprint density at radius 2 is 0.835 bits per heavy atom. The largest absolute Gasteiger partial charge is 0.484 e. The Morgan fingerprint density at radius 3 is 1.35 bits per heavy atom. The van der Waals surface area contributed by atoms with Gasteiger partial charge in [0.2, 0.25) is 0 Å². The number of anilines is 6. The van der Waals surface area contributed by atoms with Crippen molar-refractivity contribution in [2.24, 2.45) is 0 Å². The van der Waals surface area contributed by atoms with Gasteiger partial charge in [-0.3, -0.25) is 0 Å². The van der Waals surface area contributed by atoms with Crippen LogP contribution in [0.15, 0.2) is 200 Å². The van der Waals surface area contributed by atoms with Crippen LogP contribution in [0.2, 0.25) is 0 Å². The lowest BCUT2D eigenvalue weighted by Gasteiger charge is -2.35. The van der Waals surface area contributed by atoms with Crippen LogP contribution in [0.5, 0.6) is 5.75 Å². The van der Waals surface area contributed by atoms with Gasteiger partial charge in [0.05, 0.1) is 16.8 Å². The van der Waals surface area contributed by atoms with Crippen molar-refractivity contribution in [2.45, 2.75) is 122 Å². The Kier molecular flexibility index (Phi) is 11.4. The van der Waals surface area contributed by atoms with E-state index in [1.165, 1.54) is 22.3 Å². The smallest absolute Gasteiger partial charge is 0.134 e. The van der Waals surface area contributed by atoms with E-state index >= 15 is 4.39 Å². The Balaban J connectivity index is 1.17. The number of ether oxygens (including phenoxy) is 1. The van der Waals surface area contributed by atoms with E-state index in [-0.39, 0.29) is 39.5 Å². The average Bonchev–Trinajstić information content (AvgIpc) is 3.46. The third-order valence-corrected chi connectivity index (χ3v) is 17.5. The summed E-state index contributed by atoms with van der Waals surface area (Å²) < 4.78 is 24.4. The molecule has 9 aromatic rings. The first-order valence-corrected chi connectivity index (χ1v) is 28.3. The lowest BCUT2D eigenvalue weighted by atomic mass is 9.69. The maximum atomic E-state index is 16.8. The minimum absolute atomic E-state index is 0.0275. The van der Waals surface area contributed by atoms with Crippen LogP contribution in [0.1, 0.15) is 139 Å². The molecule has 3 atom stereocenters. The van der Waals surface area contributed by atoms with Gasteiger partial charge in [-0.15, -0.1) is 0 Å². The number of hydrogen-bond donors (Lipinski definition) is 0. The molecule has 0 N–H and O–H groups in total. The van der Waals surface area contributed by atoms with Crippen LogP contribution in [0.25, 0.3) is 33.0 Å². The van der Waals surface area contributed by atoms with E-state index in [4.69, 9.17) is 4.74 Å². The summed E-state index contributed by atoms with van der Waals surface area (Å²) in [5, 5.41) is 2.23. The van der Waals surface area contributed by atoms with Crippen molar-refractivity contribution in [3.8, 4) is 28.0 Å². The van der Waals surface area contributed by atoms with E-state index in [1.54, 1.807) is 6.07 Å². The van der Waals surface area contributed by atoms with Gasteiger partial charge in [0.15, 0.2) is 0 Å². The Bertz CT molecular complexity index is 3850. The van der Waals surface area contributed by atoms with Crippen LogP contribution in [0.3, 0.4) is 0 Å². The van der Waals surface area contributed by atoms with E-state index < -0.39 is 5.41 Å². The molecule has 0 aromatic heterocycles. The number of fused-ring (bicyclic) bond motifs is 16. The minimum atomic E-state index is -0.972. The fraction of sp³-hybridized carbons (Fsp3) is 0.253. The lowest BCUT2D eigenvalue weighted by molar-refractivity contribution is 0.270. The van der Waals surface area contributed by atoms with Gasteiger partial charge in [0.25, 0.3) is 0 Å². The standard InChI is InChI=1S/C75H71FN2O/c1-71(2,3)46-25-34-51(35-26-46)77(52-36-27-47(28-37-52)72(4,5)6)64-44-62-67(58-21-14-13-20-57(58)64)69-63(75(62)60-23-17-15-19-55(60)56-42-33-50(76)43-61(56)75)45-65(68-59-22-16-18-24-66(59)79-70(68)69)78(53-38-29-48(30-39-53)73(7,8)9)54-40-31-49(32-41-54)74(10,11)12/h13-45,59,66H,1-12H3. The van der Waals surface area contributed by atoms with Crippen molar-refractivity contribution in [2.75, 3.05) is 9.80 Å². The second-order valence-electron chi connectivity index (χ2n) is 26.6. The number of nitrogens with zero attached hydrogens (tertiary/aromatic N) is 2. The molecule has 13 rings (SSSR count). The molecule has 0 saturated heterocycles. The first kappa shape index (κ1) is 50.5. The van der Waals surface area contributed by atoms with E-state index in [2.05, 4.69) is 275 Å². The molecule has 0 radical (unpaired) electrons. The molecule has 394 valence electrons. The average molecular weight is 1040 g/mol. The fourth-order valence-electron chi connectivity index (χ4n) is 13.3. The Hall–Kier alpha value is -7.95. The van der Waals surface area contributed by atoms with Crippen molar-refractivity contribution in [1.29, 1.82) is 0 Å². The van der Waals surface area contributed by atoms with Gasteiger partial charge >= 0.3 is 0 Å². The van der Waals surface area contributed by atoms with E-state index in [1.807, 2.05) is 12.1 Å². The van der Waals surface area contributed by atoms with Crippen LogP contribution in [0.4, 0.5) is 38.5 Å². The van der Waals surface area contributed by atoms with Crippen molar-refractivity contribution in [1.82, 2.24) is 0 Å². The zero-order chi connectivity index (χ0) is 55.1. The van der Waals surface area contributed by atoms with Crippen LogP contribution in [0, 0.1) is 5.82 Å². The maximum Gasteiger partial charge on any atom is 0.134 e. The topological polar surface area (TPSA) is 15.7 Å². The predicted octanol–water partition coefficient (Wildman–Crippen LogP) is 20.4. The highest BCUT2D eigenvalue weighted by Gasteiger charge is 2.56. The highest BCUT2D eigenvalue weighted by atomic mass is 19.1. The highest BCUT2D eigenvalue weighted by Crippen LogP contribution is 2.69. The van der Waals surface area contributed by atoms with E-state index in [9.17, 15) is 0 Å². The normalized spacial score (nSPS) is 17.7. The number of hydrogen-bond acceptors (Lipinski definition) is 3. The first-order valence-electron chi connectivity index (χ1n) is 28.3. The molecule has 3 aliphatic carbocycles. The summed E-state index contributed by atoms with van der Waals surface area (Å²) in [6, 6.07) is 64.8. The van der Waals surface area contributed by atoms with Gasteiger partial charge in [-0.1, -0.05) is 204 Å². The summed E-state index contributed by atoms with van der Waals surface area (Å²) >= 11 is 0. The summed E-state index contributed by atoms with van der Waals surface area (Å²) in [5.74, 6) is 0.547. The van der Waals surface area contributed by atoms with Crippen molar-refractivity contribution in [3.63, 3.8) is 0 Å². The second kappa shape index (κ2) is 17.8. The van der Waals surface area contributed by atoms with Crippen LogP contribution in [-0.4, -0.2) is 6.10 Å². The molecule has 9 aromatic carbocycles. The van der Waals surface area contributed by atoms with Crippen LogP contribution in [-0.2, 0) is 27.1 Å². The molecular formula is C75H71FN2O. The zero-order valence-electron chi connectivity index (χ0n) is 47.9. The van der Waals surface area contributed by atoms with E-state index in [0.29, 0.717) is 0 Å². The lowest BCUT2D eigenvalue weighted by Crippen LogP contribution is -2.27. The third-order valence-electron chi connectivity index (χ3n) is 17.5. The van der Waals surface area contributed by atoms with Crippen molar-refractivity contribution < 1.29 is 9.13 Å². The molecule has 1 spiro atoms. The third kappa shape index (κ3) is 7.95. The van der Waals surface area contributed by atoms with Crippen LogP contribution >= 0.6 is 0 Å². The molecule has 1 heterocycles. The van der Waals surface area contributed by atoms with Gasteiger partial charge in [0, 0.05) is 45.2 Å². The Morgan fingerprint density at radius 1 is 0.405 bits per heavy atom. The maximum absolute atomic E-state index is 16.8. The number of halogens is 1. The van der Waals surface area contributed by atoms with Gasteiger partial charge in [-0.05, 0) is 167 Å². The number of allylic oxidation sites excluding steroid dienone is 2. The second-order valence-corrected chi connectivity index (χ2v) is 26.6. The minimum Gasteiger partial charge on any atom is -0.484 e. The summed E-state index contributed by atoms with van der Waals surface area (Å²) in [7, 11) is 0. The summed E-state index contributed by atoms with van der Waals surface area (Å²) in [6.45, 7) is 27.3. The monoisotopic (exact) mass is 1030 g/mol. The summed E-state index contributed by atoms with van der Waals surface area (Å²) in [6.07, 6.45) is 8.62. The van der Waals surface area contributed by atoms with Gasteiger partial charge in [-0.2, -0.15) is 0 Å². The van der Waals surface area contributed by atoms with Gasteiger partial charge in [0.1, 0.15) is 17.7 Å². The van der Waals surface area contributed by atoms with E-state index in [0.717, 1.165) is 101 Å². The van der Waals surface area contributed by atoms with Crippen LogP contribution < -0.4 is 14.5 Å². The predicted molar refractivity (Wildman–Crippen MR) is 330 cm³/mol. The molecule has 79 heavy (non-hydrogen) atoms. The quantitative estimate of drug-likeness (QED) is 0.165. The molecule has 0 amide bonds.